The van der Waals surface area contributed by atoms with Crippen LogP contribution in [-0.2, 0) is 0 Å². The molecule has 4 nitrogen and oxygen atoms in total. The lowest BCUT2D eigenvalue weighted by Gasteiger charge is -1.98. The number of halogens is 3. The molecule has 0 aliphatic carbocycles. The maximum atomic E-state index is 5.27. The van der Waals surface area contributed by atoms with Gasteiger partial charge in [-0.2, -0.15) is 0 Å². The summed E-state index contributed by atoms with van der Waals surface area (Å²) in [6.45, 7) is 0. The molecule has 0 aliphatic heterocycles. The molecule has 1 heterocycles. The third-order valence-corrected chi connectivity index (χ3v) is 1.61. The maximum absolute atomic E-state index is 5.27. The molecular formula is C7H11Cl3N4. The molecule has 2 rings (SSSR count). The summed E-state index contributed by atoms with van der Waals surface area (Å²) >= 11 is 0. The van der Waals surface area contributed by atoms with Crippen molar-refractivity contribution < 1.29 is 0 Å². The summed E-state index contributed by atoms with van der Waals surface area (Å²) in [5.74, 6) is 5.27. The molecule has 0 saturated carbocycles. The Morgan fingerprint density at radius 1 is 1.21 bits per heavy atom. The minimum absolute atomic E-state index is 0. The summed E-state index contributed by atoms with van der Waals surface area (Å²) in [4.78, 5) is 7.08. The topological polar surface area (TPSA) is 66.7 Å². The molecule has 0 aliphatic rings. The summed E-state index contributed by atoms with van der Waals surface area (Å²) in [7, 11) is 0. The van der Waals surface area contributed by atoms with E-state index in [1.807, 2.05) is 18.2 Å². The molecule has 0 spiro atoms. The van der Waals surface area contributed by atoms with E-state index in [1.54, 1.807) is 6.33 Å². The number of para-hydroxylation sites is 1. The standard InChI is InChI=1S/C7H8N4.3ClH/c8-11-6-3-1-2-5-7(6)10-4-9-5;;;/h1-4,11H,8H2,(H,9,10);3*1H. The fraction of sp³-hybridized carbons (Fsp3) is 0. The number of nitrogen functional groups attached to an aromatic ring is 1. The van der Waals surface area contributed by atoms with Crippen LogP contribution in [0.3, 0.4) is 0 Å². The molecule has 0 atom stereocenters. The first-order valence-electron chi connectivity index (χ1n) is 3.30. The molecule has 0 saturated heterocycles. The van der Waals surface area contributed by atoms with E-state index in [0.717, 1.165) is 16.7 Å². The quantitative estimate of drug-likeness (QED) is 0.541. The van der Waals surface area contributed by atoms with E-state index in [0.29, 0.717) is 0 Å². The molecule has 2 aromatic rings. The number of aromatic nitrogens is 2. The Hall–Kier alpha value is -0.680. The number of rotatable bonds is 1. The Morgan fingerprint density at radius 2 is 1.93 bits per heavy atom. The molecule has 0 radical (unpaired) electrons. The van der Waals surface area contributed by atoms with Crippen molar-refractivity contribution in [2.75, 3.05) is 5.43 Å². The molecule has 14 heavy (non-hydrogen) atoms. The van der Waals surface area contributed by atoms with E-state index in [4.69, 9.17) is 5.84 Å². The second-order valence-corrected chi connectivity index (χ2v) is 2.25. The zero-order valence-electron chi connectivity index (χ0n) is 7.06. The van der Waals surface area contributed by atoms with Crippen molar-refractivity contribution in [3.8, 4) is 0 Å². The van der Waals surface area contributed by atoms with Gasteiger partial charge in [0.05, 0.1) is 17.5 Å². The SMILES string of the molecule is Cl.Cl.Cl.NNc1cccc2[nH]cnc12. The highest BCUT2D eigenvalue weighted by Gasteiger charge is 1.98. The fourth-order valence-corrected chi connectivity index (χ4v) is 1.08. The predicted octanol–water partition coefficient (Wildman–Crippen LogP) is 2.11. The highest BCUT2D eigenvalue weighted by Crippen LogP contribution is 2.17. The van der Waals surface area contributed by atoms with E-state index in [1.165, 1.54) is 0 Å². The smallest absolute Gasteiger partial charge is 0.113 e. The van der Waals surface area contributed by atoms with E-state index in [9.17, 15) is 0 Å². The molecule has 0 fully saturated rings. The molecule has 0 bridgehead atoms. The van der Waals surface area contributed by atoms with Gasteiger partial charge in [-0.3, -0.25) is 5.84 Å². The second kappa shape index (κ2) is 6.73. The number of nitrogens with zero attached hydrogens (tertiary/aromatic N) is 1. The van der Waals surface area contributed by atoms with Crippen molar-refractivity contribution in [3.63, 3.8) is 0 Å². The van der Waals surface area contributed by atoms with Gasteiger partial charge in [-0.15, -0.1) is 37.2 Å². The summed E-state index contributed by atoms with van der Waals surface area (Å²) in [6.07, 6.45) is 1.64. The number of H-pyrrole nitrogens is 1. The van der Waals surface area contributed by atoms with Crippen molar-refractivity contribution in [2.45, 2.75) is 0 Å². The maximum Gasteiger partial charge on any atom is 0.113 e. The van der Waals surface area contributed by atoms with Crippen LogP contribution in [0.2, 0.25) is 0 Å². The van der Waals surface area contributed by atoms with Crippen LogP contribution in [-0.4, -0.2) is 9.97 Å². The fourth-order valence-electron chi connectivity index (χ4n) is 1.08. The van der Waals surface area contributed by atoms with Gasteiger partial charge in [0.25, 0.3) is 0 Å². The van der Waals surface area contributed by atoms with Crippen LogP contribution >= 0.6 is 37.2 Å². The zero-order valence-corrected chi connectivity index (χ0v) is 9.51. The van der Waals surface area contributed by atoms with Crippen molar-refractivity contribution in [1.29, 1.82) is 0 Å². The Balaban J connectivity index is 0. The number of hydrogen-bond donors (Lipinski definition) is 3. The van der Waals surface area contributed by atoms with Crippen molar-refractivity contribution in [3.05, 3.63) is 24.5 Å². The normalized spacial score (nSPS) is 8.07. The number of imidazole rings is 1. The first kappa shape index (κ1) is 15.8. The number of nitrogens with two attached hydrogens (primary N) is 1. The van der Waals surface area contributed by atoms with E-state index >= 15 is 0 Å². The van der Waals surface area contributed by atoms with Gasteiger partial charge in [0.15, 0.2) is 0 Å². The van der Waals surface area contributed by atoms with Crippen LogP contribution in [0.5, 0.6) is 0 Å². The predicted molar refractivity (Wildman–Crippen MR) is 65.6 cm³/mol. The highest BCUT2D eigenvalue weighted by molar-refractivity contribution is 5.87. The summed E-state index contributed by atoms with van der Waals surface area (Å²) < 4.78 is 0. The van der Waals surface area contributed by atoms with Gasteiger partial charge in [-0.05, 0) is 12.1 Å². The molecular weight excluding hydrogens is 246 g/mol. The van der Waals surface area contributed by atoms with Gasteiger partial charge in [-0.25, -0.2) is 4.98 Å². The Kier molecular flexibility index (Phi) is 7.58. The number of hydrogen-bond acceptors (Lipinski definition) is 3. The van der Waals surface area contributed by atoms with E-state index in [2.05, 4.69) is 15.4 Å². The summed E-state index contributed by atoms with van der Waals surface area (Å²) in [6, 6.07) is 5.74. The lowest BCUT2D eigenvalue weighted by atomic mass is 10.3. The number of hydrazine groups is 1. The average molecular weight is 258 g/mol. The van der Waals surface area contributed by atoms with Crippen LogP contribution in [0.15, 0.2) is 24.5 Å². The molecule has 1 aromatic carbocycles. The van der Waals surface area contributed by atoms with Gasteiger partial charge >= 0.3 is 0 Å². The molecule has 0 amide bonds. The van der Waals surface area contributed by atoms with E-state index in [-0.39, 0.29) is 37.2 Å². The van der Waals surface area contributed by atoms with E-state index < -0.39 is 0 Å². The first-order chi connectivity index (χ1) is 5.42. The third-order valence-electron chi connectivity index (χ3n) is 1.61. The lowest BCUT2D eigenvalue weighted by Crippen LogP contribution is -2.06. The van der Waals surface area contributed by atoms with Crippen LogP contribution in [0.4, 0.5) is 5.69 Å². The van der Waals surface area contributed by atoms with Crippen molar-refractivity contribution in [2.24, 2.45) is 5.84 Å². The minimum Gasteiger partial charge on any atom is -0.345 e. The van der Waals surface area contributed by atoms with Gasteiger partial charge in [0.1, 0.15) is 5.52 Å². The number of fused-ring (bicyclic) bond motifs is 1. The number of benzene rings is 1. The van der Waals surface area contributed by atoms with Gasteiger partial charge in [0.2, 0.25) is 0 Å². The molecule has 0 unspecified atom stereocenters. The molecule has 7 heteroatoms. The summed E-state index contributed by atoms with van der Waals surface area (Å²) in [5.41, 5.74) is 5.27. The number of aromatic amines is 1. The first-order valence-corrected chi connectivity index (χ1v) is 3.30. The second-order valence-electron chi connectivity index (χ2n) is 2.25. The third kappa shape index (κ3) is 2.65. The minimum atomic E-state index is 0. The van der Waals surface area contributed by atoms with Crippen molar-refractivity contribution in [1.82, 2.24) is 9.97 Å². The van der Waals surface area contributed by atoms with Crippen LogP contribution < -0.4 is 11.3 Å². The number of anilines is 1. The summed E-state index contributed by atoms with van der Waals surface area (Å²) in [5, 5.41) is 0. The Labute approximate surface area is 99.9 Å². The Bertz CT molecular complexity index is 376. The monoisotopic (exact) mass is 256 g/mol. The lowest BCUT2D eigenvalue weighted by molar-refractivity contribution is 1.33. The Morgan fingerprint density at radius 3 is 2.57 bits per heavy atom. The van der Waals surface area contributed by atoms with Crippen LogP contribution in [0.25, 0.3) is 11.0 Å². The van der Waals surface area contributed by atoms with Crippen LogP contribution in [0.1, 0.15) is 0 Å². The molecule has 1 aromatic heterocycles. The average Bonchev–Trinajstić information content (AvgIpc) is 2.50. The molecule has 4 N–H and O–H groups in total. The largest absolute Gasteiger partial charge is 0.345 e. The van der Waals surface area contributed by atoms with Crippen molar-refractivity contribution >= 4 is 53.9 Å². The highest BCUT2D eigenvalue weighted by atomic mass is 35.5. The van der Waals surface area contributed by atoms with Gasteiger partial charge in [0, 0.05) is 0 Å². The number of nitrogens with one attached hydrogen (secondary N) is 2. The molecule has 80 valence electrons. The van der Waals surface area contributed by atoms with Crippen LogP contribution in [0, 0.1) is 0 Å². The van der Waals surface area contributed by atoms with Gasteiger partial charge < -0.3 is 10.4 Å². The zero-order chi connectivity index (χ0) is 7.68. The van der Waals surface area contributed by atoms with Gasteiger partial charge in [-0.1, -0.05) is 6.07 Å².